The van der Waals surface area contributed by atoms with Gasteiger partial charge in [-0.25, -0.2) is 17.7 Å². The van der Waals surface area contributed by atoms with E-state index < -0.39 is 10.0 Å². The quantitative estimate of drug-likeness (QED) is 0.419. The summed E-state index contributed by atoms with van der Waals surface area (Å²) in [6.45, 7) is 2.92. The van der Waals surface area contributed by atoms with Crippen LogP contribution in [0.2, 0.25) is 0 Å². The van der Waals surface area contributed by atoms with Crippen molar-refractivity contribution in [3.8, 4) is 0 Å². The predicted molar refractivity (Wildman–Crippen MR) is 113 cm³/mol. The molecule has 0 amide bonds. The van der Waals surface area contributed by atoms with E-state index in [0.717, 1.165) is 35.1 Å². The fourth-order valence-electron chi connectivity index (χ4n) is 3.16. The van der Waals surface area contributed by atoms with Crippen molar-refractivity contribution >= 4 is 38.5 Å². The van der Waals surface area contributed by atoms with Crippen molar-refractivity contribution in [2.24, 2.45) is 0 Å². The second kappa shape index (κ2) is 7.77. The molecular weight excluding hydrogens is 408 g/mol. The number of thioether (sulfide) groups is 1. The number of aryl methyl sites for hydroxylation is 1. The molecule has 4 rings (SSSR count). The molecule has 10 heteroatoms. The van der Waals surface area contributed by atoms with E-state index in [1.807, 2.05) is 34.9 Å². The van der Waals surface area contributed by atoms with E-state index in [1.54, 1.807) is 23.9 Å². The average Bonchev–Trinajstić information content (AvgIpc) is 3.27. The molecular formula is C19H22N6O2S2. The molecule has 0 unspecified atom stereocenters. The first-order valence-corrected chi connectivity index (χ1v) is 11.7. The van der Waals surface area contributed by atoms with E-state index >= 15 is 0 Å². The van der Waals surface area contributed by atoms with Gasteiger partial charge < -0.3 is 4.57 Å². The molecule has 0 N–H and O–H groups in total. The van der Waals surface area contributed by atoms with Gasteiger partial charge >= 0.3 is 0 Å². The highest BCUT2D eigenvalue weighted by Gasteiger charge is 2.20. The van der Waals surface area contributed by atoms with Crippen LogP contribution in [-0.2, 0) is 22.3 Å². The lowest BCUT2D eigenvalue weighted by atomic mass is 10.3. The summed E-state index contributed by atoms with van der Waals surface area (Å²) in [5, 5.41) is 9.24. The molecule has 152 valence electrons. The molecule has 0 spiro atoms. The maximum atomic E-state index is 12.5. The van der Waals surface area contributed by atoms with Crippen LogP contribution in [0.15, 0.2) is 52.6 Å². The fraction of sp³-hybridized carbons (Fsp3) is 0.316. The number of hydrogen-bond donors (Lipinski definition) is 0. The Labute approximate surface area is 173 Å². The van der Waals surface area contributed by atoms with Crippen molar-refractivity contribution in [2.75, 3.05) is 14.1 Å². The van der Waals surface area contributed by atoms with Gasteiger partial charge in [0.2, 0.25) is 10.0 Å². The fourth-order valence-corrected chi connectivity index (χ4v) is 4.95. The summed E-state index contributed by atoms with van der Waals surface area (Å²) in [7, 11) is -0.443. The van der Waals surface area contributed by atoms with Crippen LogP contribution in [-0.4, -0.2) is 51.0 Å². The highest BCUT2D eigenvalue weighted by Crippen LogP contribution is 2.26. The minimum atomic E-state index is -3.50. The van der Waals surface area contributed by atoms with Gasteiger partial charge in [0.1, 0.15) is 5.82 Å². The number of sulfonamides is 1. The third kappa shape index (κ3) is 3.63. The van der Waals surface area contributed by atoms with Crippen LogP contribution < -0.4 is 0 Å². The molecule has 0 aliphatic carbocycles. The summed E-state index contributed by atoms with van der Waals surface area (Å²) in [4.78, 5) is 4.99. The summed E-state index contributed by atoms with van der Waals surface area (Å²) in [6.07, 6.45) is 2.89. The molecule has 8 nitrogen and oxygen atoms in total. The van der Waals surface area contributed by atoms with Gasteiger partial charge in [0.05, 0.1) is 21.7 Å². The van der Waals surface area contributed by atoms with E-state index in [9.17, 15) is 8.42 Å². The molecule has 4 aromatic rings. The second-order valence-corrected chi connectivity index (χ2v) is 9.91. The summed E-state index contributed by atoms with van der Waals surface area (Å²) >= 11 is 1.56. The number of pyridine rings is 1. The number of aromatic nitrogens is 5. The van der Waals surface area contributed by atoms with Crippen molar-refractivity contribution < 1.29 is 8.42 Å². The molecule has 0 saturated heterocycles. The lowest BCUT2D eigenvalue weighted by Crippen LogP contribution is -2.22. The maximum Gasteiger partial charge on any atom is 0.242 e. The zero-order chi connectivity index (χ0) is 20.6. The number of nitrogens with zero attached hydrogens (tertiary/aromatic N) is 6. The van der Waals surface area contributed by atoms with E-state index in [2.05, 4.69) is 21.7 Å². The molecule has 0 aliphatic rings. The first-order chi connectivity index (χ1) is 13.9. The van der Waals surface area contributed by atoms with Crippen molar-refractivity contribution in [2.45, 2.75) is 35.7 Å². The number of fused-ring (bicyclic) bond motifs is 2. The van der Waals surface area contributed by atoms with Crippen molar-refractivity contribution in [3.63, 3.8) is 0 Å². The average molecular weight is 431 g/mol. The molecule has 0 saturated carbocycles. The molecule has 0 fully saturated rings. The number of hydrogen-bond acceptors (Lipinski definition) is 6. The molecule has 1 aromatic carbocycles. The lowest BCUT2D eigenvalue weighted by molar-refractivity contribution is 0.521. The van der Waals surface area contributed by atoms with Gasteiger partial charge in [-0.2, -0.15) is 0 Å². The Hall–Kier alpha value is -2.43. The minimum absolute atomic E-state index is 0.249. The van der Waals surface area contributed by atoms with Gasteiger partial charge in [0.25, 0.3) is 0 Å². The van der Waals surface area contributed by atoms with Crippen molar-refractivity contribution in [1.29, 1.82) is 0 Å². The molecule has 3 heterocycles. The van der Waals surface area contributed by atoms with Crippen LogP contribution in [0.25, 0.3) is 16.7 Å². The van der Waals surface area contributed by atoms with Crippen LogP contribution in [0, 0.1) is 0 Å². The van der Waals surface area contributed by atoms with Crippen molar-refractivity contribution in [1.82, 2.24) is 28.5 Å². The molecule has 3 aromatic heterocycles. The zero-order valence-electron chi connectivity index (χ0n) is 16.5. The summed E-state index contributed by atoms with van der Waals surface area (Å²) in [6, 6.07) is 10.9. The topological polar surface area (TPSA) is 85.4 Å². The van der Waals surface area contributed by atoms with Gasteiger partial charge in [0.15, 0.2) is 10.8 Å². The van der Waals surface area contributed by atoms with E-state index in [-0.39, 0.29) is 4.90 Å². The van der Waals surface area contributed by atoms with Crippen LogP contribution >= 0.6 is 11.8 Å². The second-order valence-electron chi connectivity index (χ2n) is 6.82. The minimum Gasteiger partial charge on any atom is -0.327 e. The highest BCUT2D eigenvalue weighted by atomic mass is 32.2. The van der Waals surface area contributed by atoms with Gasteiger partial charge in [-0.3, -0.25) is 4.40 Å². The summed E-state index contributed by atoms with van der Waals surface area (Å²) < 4.78 is 30.2. The first kappa shape index (κ1) is 19.9. The summed E-state index contributed by atoms with van der Waals surface area (Å²) in [5.41, 5.74) is 2.42. The number of benzene rings is 1. The van der Waals surface area contributed by atoms with E-state index in [0.29, 0.717) is 11.3 Å². The Kier molecular flexibility index (Phi) is 5.32. The van der Waals surface area contributed by atoms with Gasteiger partial charge in [-0.15, -0.1) is 10.2 Å². The van der Waals surface area contributed by atoms with Gasteiger partial charge in [-0.05, 0) is 36.8 Å². The highest BCUT2D eigenvalue weighted by molar-refractivity contribution is 7.98. The maximum absolute atomic E-state index is 12.5. The van der Waals surface area contributed by atoms with Gasteiger partial charge in [0, 0.05) is 26.8 Å². The zero-order valence-corrected chi connectivity index (χ0v) is 18.1. The molecule has 0 atom stereocenters. The Balaban J connectivity index is 1.70. The summed E-state index contributed by atoms with van der Waals surface area (Å²) in [5.74, 6) is 1.50. The Morgan fingerprint density at radius 3 is 2.72 bits per heavy atom. The molecule has 0 radical (unpaired) electrons. The van der Waals surface area contributed by atoms with Crippen LogP contribution in [0.5, 0.6) is 0 Å². The Morgan fingerprint density at radius 1 is 1.14 bits per heavy atom. The van der Waals surface area contributed by atoms with Crippen LogP contribution in [0.1, 0.15) is 19.2 Å². The molecule has 0 bridgehead atoms. The van der Waals surface area contributed by atoms with E-state index in [1.165, 1.54) is 18.4 Å². The Bertz CT molecular complexity index is 1280. The van der Waals surface area contributed by atoms with Crippen LogP contribution in [0.3, 0.4) is 0 Å². The van der Waals surface area contributed by atoms with E-state index in [4.69, 9.17) is 4.98 Å². The third-order valence-corrected chi connectivity index (χ3v) is 7.39. The monoisotopic (exact) mass is 430 g/mol. The van der Waals surface area contributed by atoms with Crippen molar-refractivity contribution in [3.05, 3.63) is 48.4 Å². The predicted octanol–water partition coefficient (Wildman–Crippen LogP) is 3.03. The SMILES string of the molecule is CCCn1c(CSc2nnc3ccccn23)nc2cc(S(=O)(=O)N(C)C)ccc21. The smallest absolute Gasteiger partial charge is 0.242 e. The Morgan fingerprint density at radius 2 is 1.97 bits per heavy atom. The normalized spacial score (nSPS) is 12.4. The number of rotatable bonds is 7. The third-order valence-electron chi connectivity index (χ3n) is 4.64. The van der Waals surface area contributed by atoms with Gasteiger partial charge in [-0.1, -0.05) is 24.8 Å². The molecule has 29 heavy (non-hydrogen) atoms. The van der Waals surface area contributed by atoms with Crippen LogP contribution in [0.4, 0.5) is 0 Å². The lowest BCUT2D eigenvalue weighted by Gasteiger charge is -2.11. The standard InChI is InChI=1S/C19H22N6O2S2/c1-4-10-24-16-9-8-14(29(26,27)23(2)3)12-15(16)20-18(24)13-28-19-22-21-17-7-5-6-11-25(17)19/h5-9,11-12H,4,10,13H2,1-3H3. The molecule has 0 aliphatic heterocycles. The first-order valence-electron chi connectivity index (χ1n) is 9.26. The number of imidazole rings is 1. The largest absolute Gasteiger partial charge is 0.327 e.